The third-order valence-corrected chi connectivity index (χ3v) is 2.36. The Kier molecular flexibility index (Phi) is 2.86. The highest BCUT2D eigenvalue weighted by Crippen LogP contribution is 2.14. The molecule has 82 valence electrons. The van der Waals surface area contributed by atoms with E-state index >= 15 is 0 Å². The minimum absolute atomic E-state index is 0.230. The number of amides is 1. The molecule has 16 heavy (non-hydrogen) atoms. The van der Waals surface area contributed by atoms with Gasteiger partial charge in [-0.2, -0.15) is 0 Å². The molecule has 0 saturated heterocycles. The summed E-state index contributed by atoms with van der Waals surface area (Å²) in [6.45, 7) is 0. The van der Waals surface area contributed by atoms with Crippen LogP contribution >= 0.6 is 11.3 Å². The fraction of sp³-hybridized carbons (Fsp3) is 0. The average Bonchev–Trinajstić information content (AvgIpc) is 2.74. The second kappa shape index (κ2) is 4.31. The van der Waals surface area contributed by atoms with Gasteiger partial charge in [-0.3, -0.25) is 10.1 Å². The smallest absolute Gasteiger partial charge is 0.260 e. The molecule has 0 radical (unpaired) electrons. The molecular formula is C9H5F2N3OS. The number of nitrogens with one attached hydrogen (secondary N) is 1. The van der Waals surface area contributed by atoms with Crippen molar-refractivity contribution < 1.29 is 13.6 Å². The predicted molar refractivity (Wildman–Crippen MR) is 54.2 cm³/mol. The van der Waals surface area contributed by atoms with Crippen molar-refractivity contribution in [3.63, 3.8) is 0 Å². The van der Waals surface area contributed by atoms with Crippen molar-refractivity contribution >= 4 is 22.4 Å². The average molecular weight is 241 g/mol. The van der Waals surface area contributed by atoms with Gasteiger partial charge in [0.05, 0.1) is 5.56 Å². The maximum atomic E-state index is 13.2. The molecule has 0 fully saturated rings. The van der Waals surface area contributed by atoms with Crippen molar-refractivity contribution in [1.29, 1.82) is 0 Å². The lowest BCUT2D eigenvalue weighted by atomic mass is 10.2. The van der Waals surface area contributed by atoms with Gasteiger partial charge in [-0.05, 0) is 18.2 Å². The molecule has 1 amide bonds. The largest absolute Gasteiger partial charge is 0.296 e. The Balaban J connectivity index is 2.24. The molecule has 7 heteroatoms. The molecule has 0 bridgehead atoms. The first-order chi connectivity index (χ1) is 7.66. The van der Waals surface area contributed by atoms with E-state index in [1.54, 1.807) is 0 Å². The van der Waals surface area contributed by atoms with Crippen LogP contribution in [0.1, 0.15) is 10.4 Å². The van der Waals surface area contributed by atoms with Crippen molar-refractivity contribution in [3.8, 4) is 0 Å². The highest BCUT2D eigenvalue weighted by molar-refractivity contribution is 7.13. The molecule has 0 aliphatic heterocycles. The number of hydrogen-bond donors (Lipinski definition) is 1. The van der Waals surface area contributed by atoms with Crippen LogP contribution in [0.25, 0.3) is 0 Å². The zero-order valence-corrected chi connectivity index (χ0v) is 8.59. The SMILES string of the molecule is O=C(Nc1nncs1)c1cc(F)ccc1F. The molecule has 0 aliphatic rings. The van der Waals surface area contributed by atoms with Gasteiger partial charge in [0, 0.05) is 0 Å². The van der Waals surface area contributed by atoms with Crippen molar-refractivity contribution in [2.24, 2.45) is 0 Å². The van der Waals surface area contributed by atoms with Crippen LogP contribution < -0.4 is 5.32 Å². The minimum atomic E-state index is -0.789. The standard InChI is InChI=1S/C9H5F2N3OS/c10-5-1-2-7(11)6(3-5)8(15)13-9-14-12-4-16-9/h1-4H,(H,13,14,15). The van der Waals surface area contributed by atoms with Gasteiger partial charge in [0.1, 0.15) is 17.1 Å². The molecular weight excluding hydrogens is 236 g/mol. The summed E-state index contributed by atoms with van der Waals surface area (Å²) in [5.41, 5.74) is 1.05. The van der Waals surface area contributed by atoms with E-state index in [9.17, 15) is 13.6 Å². The highest BCUT2D eigenvalue weighted by Gasteiger charge is 2.13. The van der Waals surface area contributed by atoms with Crippen LogP contribution in [-0.2, 0) is 0 Å². The lowest BCUT2D eigenvalue weighted by molar-refractivity contribution is 0.102. The van der Waals surface area contributed by atoms with E-state index in [0.29, 0.717) is 0 Å². The number of carbonyl (C=O) groups is 1. The molecule has 1 aromatic carbocycles. The third-order valence-electron chi connectivity index (χ3n) is 1.75. The monoisotopic (exact) mass is 241 g/mol. The van der Waals surface area contributed by atoms with Crippen LogP contribution in [0.15, 0.2) is 23.7 Å². The van der Waals surface area contributed by atoms with Crippen molar-refractivity contribution in [2.75, 3.05) is 5.32 Å². The van der Waals surface area contributed by atoms with Crippen molar-refractivity contribution in [3.05, 3.63) is 40.9 Å². The summed E-state index contributed by atoms with van der Waals surface area (Å²) in [6.07, 6.45) is 0. The van der Waals surface area contributed by atoms with E-state index < -0.39 is 17.5 Å². The second-order valence-electron chi connectivity index (χ2n) is 2.82. The summed E-state index contributed by atoms with van der Waals surface area (Å²) < 4.78 is 26.0. The minimum Gasteiger partial charge on any atom is -0.296 e. The van der Waals surface area contributed by atoms with Crippen LogP contribution in [0.2, 0.25) is 0 Å². The van der Waals surface area contributed by atoms with E-state index in [1.165, 1.54) is 5.51 Å². The quantitative estimate of drug-likeness (QED) is 0.875. The summed E-state index contributed by atoms with van der Waals surface area (Å²) in [5.74, 6) is -2.22. The van der Waals surface area contributed by atoms with E-state index in [2.05, 4.69) is 15.5 Å². The first-order valence-electron chi connectivity index (χ1n) is 4.19. The molecule has 0 aliphatic carbocycles. The molecule has 4 nitrogen and oxygen atoms in total. The summed E-state index contributed by atoms with van der Waals surface area (Å²) >= 11 is 1.09. The van der Waals surface area contributed by atoms with Gasteiger partial charge in [-0.15, -0.1) is 10.2 Å². The summed E-state index contributed by atoms with van der Waals surface area (Å²) in [6, 6.07) is 2.66. The maximum Gasteiger partial charge on any atom is 0.260 e. The molecule has 0 spiro atoms. The number of halogens is 2. The van der Waals surface area contributed by atoms with Gasteiger partial charge in [-0.25, -0.2) is 8.78 Å². The molecule has 0 atom stereocenters. The lowest BCUT2D eigenvalue weighted by Gasteiger charge is -2.02. The van der Waals surface area contributed by atoms with E-state index in [1.807, 2.05) is 0 Å². The van der Waals surface area contributed by atoms with Crippen molar-refractivity contribution in [2.45, 2.75) is 0 Å². The molecule has 1 heterocycles. The molecule has 2 aromatic rings. The Morgan fingerprint density at radius 2 is 2.19 bits per heavy atom. The summed E-state index contributed by atoms with van der Waals surface area (Å²) in [5, 5.41) is 9.58. The fourth-order valence-corrected chi connectivity index (χ4v) is 1.50. The van der Waals surface area contributed by atoms with Gasteiger partial charge >= 0.3 is 0 Å². The topological polar surface area (TPSA) is 54.9 Å². The van der Waals surface area contributed by atoms with E-state index in [0.717, 1.165) is 29.5 Å². The predicted octanol–water partition coefficient (Wildman–Crippen LogP) is 2.07. The Morgan fingerprint density at radius 3 is 2.88 bits per heavy atom. The Labute approximate surface area is 92.9 Å². The van der Waals surface area contributed by atoms with Crippen LogP contribution in [-0.4, -0.2) is 16.1 Å². The molecule has 1 aromatic heterocycles. The van der Waals surface area contributed by atoms with Gasteiger partial charge in [-0.1, -0.05) is 11.3 Å². The zero-order chi connectivity index (χ0) is 11.5. The molecule has 0 unspecified atom stereocenters. The molecule has 2 rings (SSSR count). The van der Waals surface area contributed by atoms with E-state index in [4.69, 9.17) is 0 Å². The normalized spacial score (nSPS) is 10.1. The molecule has 1 N–H and O–H groups in total. The fourth-order valence-electron chi connectivity index (χ4n) is 1.06. The zero-order valence-electron chi connectivity index (χ0n) is 7.78. The van der Waals surface area contributed by atoms with Crippen molar-refractivity contribution in [1.82, 2.24) is 10.2 Å². The summed E-state index contributed by atoms with van der Waals surface area (Å²) in [4.78, 5) is 11.5. The van der Waals surface area contributed by atoms with Crippen LogP contribution in [0, 0.1) is 11.6 Å². The lowest BCUT2D eigenvalue weighted by Crippen LogP contribution is -2.13. The van der Waals surface area contributed by atoms with Crippen LogP contribution in [0.5, 0.6) is 0 Å². The Hall–Kier alpha value is -1.89. The number of nitrogens with zero attached hydrogens (tertiary/aromatic N) is 2. The summed E-state index contributed by atoms with van der Waals surface area (Å²) in [7, 11) is 0. The van der Waals surface area contributed by atoms with Gasteiger partial charge in [0.15, 0.2) is 0 Å². The number of carbonyl (C=O) groups excluding carboxylic acids is 1. The third kappa shape index (κ3) is 2.19. The molecule has 0 saturated carbocycles. The van der Waals surface area contributed by atoms with Crippen LogP contribution in [0.4, 0.5) is 13.9 Å². The highest BCUT2D eigenvalue weighted by atomic mass is 32.1. The maximum absolute atomic E-state index is 13.2. The number of anilines is 1. The number of benzene rings is 1. The number of hydrogen-bond acceptors (Lipinski definition) is 4. The second-order valence-corrected chi connectivity index (χ2v) is 3.66. The van der Waals surface area contributed by atoms with Crippen LogP contribution in [0.3, 0.4) is 0 Å². The Morgan fingerprint density at radius 1 is 1.38 bits per heavy atom. The first kappa shape index (κ1) is 10.6. The van der Waals surface area contributed by atoms with E-state index in [-0.39, 0.29) is 10.7 Å². The number of aromatic nitrogens is 2. The first-order valence-corrected chi connectivity index (χ1v) is 5.07. The van der Waals surface area contributed by atoms with Gasteiger partial charge < -0.3 is 0 Å². The number of rotatable bonds is 2. The van der Waals surface area contributed by atoms with Gasteiger partial charge in [0.2, 0.25) is 5.13 Å². The van der Waals surface area contributed by atoms with Gasteiger partial charge in [0.25, 0.3) is 5.91 Å². The Bertz CT molecular complexity index is 515.